The Morgan fingerprint density at radius 1 is 0.824 bits per heavy atom. The van der Waals surface area contributed by atoms with Crippen molar-refractivity contribution in [2.24, 2.45) is 11.5 Å². The van der Waals surface area contributed by atoms with Crippen LogP contribution in [0.2, 0.25) is 0 Å². The van der Waals surface area contributed by atoms with Gasteiger partial charge in [-0.2, -0.15) is 0 Å². The quantitative estimate of drug-likeness (QED) is 0.220. The van der Waals surface area contributed by atoms with Crippen molar-refractivity contribution in [3.63, 3.8) is 0 Å². The Morgan fingerprint density at radius 2 is 1.12 bits per heavy atom. The molecule has 0 spiro atoms. The largest absolute Gasteiger partial charge is 1.00 e. The normalized spacial score (nSPS) is 9.59. The molecular formula is C8H6I3N3NaO2+. The number of nitrogens with two attached hydrogens (primary N) is 3. The van der Waals surface area contributed by atoms with Gasteiger partial charge in [-0.05, 0) is 67.8 Å². The molecule has 0 saturated carbocycles. The van der Waals surface area contributed by atoms with Gasteiger partial charge in [-0.3, -0.25) is 9.59 Å². The van der Waals surface area contributed by atoms with E-state index in [-0.39, 0.29) is 40.7 Å². The van der Waals surface area contributed by atoms with E-state index in [0.717, 1.165) is 0 Å². The van der Waals surface area contributed by atoms with Crippen molar-refractivity contribution in [2.75, 3.05) is 5.73 Å². The third-order valence-corrected chi connectivity index (χ3v) is 5.16. The first-order valence-electron chi connectivity index (χ1n) is 3.84. The molecule has 0 aliphatic carbocycles. The summed E-state index contributed by atoms with van der Waals surface area (Å²) in [5.41, 5.74) is 17.1. The molecule has 1 aromatic rings. The molecule has 0 saturated heterocycles. The van der Waals surface area contributed by atoms with Crippen LogP contribution in [-0.4, -0.2) is 11.8 Å². The SMILES string of the molecule is NC(=O)c1c(I)c(N)c(I)c(C(N)=O)c1I.[Na+]. The topological polar surface area (TPSA) is 112 Å². The number of anilines is 1. The first-order valence-corrected chi connectivity index (χ1v) is 7.08. The number of hydrogen-bond acceptors (Lipinski definition) is 3. The van der Waals surface area contributed by atoms with E-state index in [1.165, 1.54) is 0 Å². The molecular weight excluding hydrogens is 574 g/mol. The van der Waals surface area contributed by atoms with Crippen LogP contribution in [-0.2, 0) is 0 Å². The number of rotatable bonds is 2. The fourth-order valence-corrected chi connectivity index (χ4v) is 5.35. The predicted octanol–water partition coefficient (Wildman–Crippen LogP) is -1.72. The summed E-state index contributed by atoms with van der Waals surface area (Å²) >= 11 is 5.72. The number of amides is 2. The van der Waals surface area contributed by atoms with Gasteiger partial charge in [0.05, 0.1) is 24.0 Å². The average molecular weight is 580 g/mol. The number of carbonyl (C=O) groups excluding carboxylic acids is 2. The molecule has 0 atom stereocenters. The minimum absolute atomic E-state index is 0. The summed E-state index contributed by atoms with van der Waals surface area (Å²) in [5.74, 6) is -1.25. The number of hydrogen-bond donors (Lipinski definition) is 3. The fraction of sp³-hybridized carbons (Fsp3) is 0. The molecule has 0 fully saturated rings. The van der Waals surface area contributed by atoms with Crippen molar-refractivity contribution in [1.29, 1.82) is 0 Å². The molecule has 0 aliphatic rings. The average Bonchev–Trinajstić information content (AvgIpc) is 2.13. The molecule has 0 aromatic heterocycles. The van der Waals surface area contributed by atoms with Gasteiger partial charge in [-0.25, -0.2) is 0 Å². The Kier molecular flexibility index (Phi) is 7.55. The van der Waals surface area contributed by atoms with E-state index in [4.69, 9.17) is 17.2 Å². The van der Waals surface area contributed by atoms with Crippen LogP contribution >= 0.6 is 67.8 Å². The van der Waals surface area contributed by atoms with Crippen LogP contribution in [0.1, 0.15) is 20.7 Å². The van der Waals surface area contributed by atoms with Crippen LogP contribution < -0.4 is 46.8 Å². The van der Waals surface area contributed by atoms with Crippen molar-refractivity contribution in [2.45, 2.75) is 0 Å². The summed E-state index contributed by atoms with van der Waals surface area (Å²) < 4.78 is 1.54. The molecule has 86 valence electrons. The summed E-state index contributed by atoms with van der Waals surface area (Å²) in [6.45, 7) is 0. The Bertz CT molecular complexity index is 466. The summed E-state index contributed by atoms with van der Waals surface area (Å²) in [6.07, 6.45) is 0. The first kappa shape index (κ1) is 18.1. The Morgan fingerprint density at radius 3 is 1.35 bits per heavy atom. The van der Waals surface area contributed by atoms with Gasteiger partial charge in [0, 0.05) is 3.57 Å². The summed E-state index contributed by atoms with van der Waals surface area (Å²) in [5, 5.41) is 0. The van der Waals surface area contributed by atoms with Crippen LogP contribution in [0.15, 0.2) is 0 Å². The van der Waals surface area contributed by atoms with Gasteiger partial charge in [0.2, 0.25) is 0 Å². The molecule has 0 aliphatic heterocycles. The maximum absolute atomic E-state index is 11.3. The van der Waals surface area contributed by atoms with E-state index in [0.29, 0.717) is 16.4 Å². The number of carbonyl (C=O) groups is 2. The monoisotopic (exact) mass is 580 g/mol. The van der Waals surface area contributed by atoms with Crippen LogP contribution in [0.3, 0.4) is 0 Å². The molecule has 0 bridgehead atoms. The standard InChI is InChI=1S/C8H6I3N3O2.Na/c9-3-1(7(13)15)4(10)6(12)5(11)2(3)8(14)16;/h12H2,(H2,13,15)(H2,14,16);/q;+1. The van der Waals surface area contributed by atoms with Gasteiger partial charge in [0.25, 0.3) is 11.8 Å². The number of halogens is 3. The van der Waals surface area contributed by atoms with Crippen molar-refractivity contribution < 1.29 is 39.1 Å². The maximum Gasteiger partial charge on any atom is 1.00 e. The van der Waals surface area contributed by atoms with E-state index in [1.807, 2.05) is 67.8 Å². The third-order valence-electron chi connectivity index (χ3n) is 1.84. The summed E-state index contributed by atoms with van der Waals surface area (Å²) in [6, 6.07) is 0. The van der Waals surface area contributed by atoms with Crippen LogP contribution in [0.25, 0.3) is 0 Å². The number of primary amides is 2. The molecule has 1 aromatic carbocycles. The molecule has 0 unspecified atom stereocenters. The zero-order valence-corrected chi connectivity index (χ0v) is 17.2. The van der Waals surface area contributed by atoms with Crippen LogP contribution in [0, 0.1) is 10.7 Å². The molecule has 0 radical (unpaired) electrons. The predicted molar refractivity (Wildman–Crippen MR) is 86.0 cm³/mol. The zero-order valence-electron chi connectivity index (χ0n) is 8.68. The van der Waals surface area contributed by atoms with Crippen molar-refractivity contribution >= 4 is 85.3 Å². The minimum atomic E-state index is -0.626. The molecule has 0 heterocycles. The molecule has 5 nitrogen and oxygen atoms in total. The number of benzene rings is 1. The molecule has 6 N–H and O–H groups in total. The minimum Gasteiger partial charge on any atom is -0.397 e. The zero-order chi connectivity index (χ0) is 12.6. The second kappa shape index (κ2) is 7.07. The molecule has 1 rings (SSSR count). The molecule has 9 heteroatoms. The Balaban J connectivity index is 0.00000256. The maximum atomic E-state index is 11.3. The van der Waals surface area contributed by atoms with Crippen molar-refractivity contribution in [1.82, 2.24) is 0 Å². The van der Waals surface area contributed by atoms with E-state index in [1.54, 1.807) is 0 Å². The Hall–Kier alpha value is 1.15. The van der Waals surface area contributed by atoms with Crippen molar-refractivity contribution in [3.8, 4) is 0 Å². The van der Waals surface area contributed by atoms with Crippen LogP contribution in [0.5, 0.6) is 0 Å². The van der Waals surface area contributed by atoms with E-state index < -0.39 is 11.8 Å². The van der Waals surface area contributed by atoms with Crippen LogP contribution in [0.4, 0.5) is 5.69 Å². The molecule has 2 amide bonds. The Labute approximate surface area is 161 Å². The summed E-state index contributed by atoms with van der Waals surface area (Å²) in [4.78, 5) is 22.6. The molecule has 17 heavy (non-hydrogen) atoms. The third kappa shape index (κ3) is 3.58. The number of nitrogen functional groups attached to an aromatic ring is 1. The van der Waals surface area contributed by atoms with E-state index in [2.05, 4.69) is 0 Å². The van der Waals surface area contributed by atoms with Gasteiger partial charge in [-0.1, -0.05) is 0 Å². The van der Waals surface area contributed by atoms with Gasteiger partial charge in [0.1, 0.15) is 0 Å². The van der Waals surface area contributed by atoms with Gasteiger partial charge < -0.3 is 17.2 Å². The second-order valence-electron chi connectivity index (χ2n) is 2.83. The van der Waals surface area contributed by atoms with E-state index >= 15 is 0 Å². The van der Waals surface area contributed by atoms with Gasteiger partial charge in [-0.15, -0.1) is 0 Å². The smallest absolute Gasteiger partial charge is 0.397 e. The summed E-state index contributed by atoms with van der Waals surface area (Å²) in [7, 11) is 0. The fourth-order valence-electron chi connectivity index (χ4n) is 1.12. The van der Waals surface area contributed by atoms with Gasteiger partial charge in [0.15, 0.2) is 0 Å². The van der Waals surface area contributed by atoms with Gasteiger partial charge >= 0.3 is 29.6 Å². The van der Waals surface area contributed by atoms with Crippen molar-refractivity contribution in [3.05, 3.63) is 21.8 Å². The first-order chi connectivity index (χ1) is 7.29. The second-order valence-corrected chi connectivity index (χ2v) is 6.07. The van der Waals surface area contributed by atoms with E-state index in [9.17, 15) is 9.59 Å².